The maximum absolute atomic E-state index is 12.0. The number of aliphatic hydroxyl groups is 7. The first-order valence-electron chi connectivity index (χ1n) is 16.0. The van der Waals surface area contributed by atoms with E-state index in [1.54, 1.807) is 27.7 Å². The largest absolute Gasteiger partial charge is 0.444 e. The Morgan fingerprint density at radius 3 is 2.16 bits per heavy atom. The van der Waals surface area contributed by atoms with Crippen LogP contribution < -0.4 is 11.1 Å². The quantitative estimate of drug-likeness (QED) is 0.126. The average Bonchev–Trinajstić information content (AvgIpc) is 2.97. The van der Waals surface area contributed by atoms with Gasteiger partial charge in [0.25, 0.3) is 0 Å². The highest BCUT2D eigenvalue weighted by molar-refractivity contribution is 5.67. The van der Waals surface area contributed by atoms with E-state index >= 15 is 0 Å². The Morgan fingerprint density at radius 1 is 0.933 bits per heavy atom. The second kappa shape index (κ2) is 16.3. The molecule has 264 valence electrons. The van der Waals surface area contributed by atoms with Crippen molar-refractivity contribution in [2.45, 2.75) is 152 Å². The predicted molar refractivity (Wildman–Crippen MR) is 158 cm³/mol. The molecule has 2 heterocycles. The van der Waals surface area contributed by atoms with Crippen molar-refractivity contribution in [1.29, 1.82) is 0 Å². The number of nitrogens with two attached hydrogens (primary N) is 1. The van der Waals surface area contributed by atoms with E-state index in [1.165, 1.54) is 0 Å². The van der Waals surface area contributed by atoms with Crippen LogP contribution >= 0.6 is 0 Å². The zero-order chi connectivity index (χ0) is 33.8. The Kier molecular flexibility index (Phi) is 13.8. The van der Waals surface area contributed by atoms with Gasteiger partial charge in [0.1, 0.15) is 36.1 Å². The molecule has 0 aromatic rings. The van der Waals surface area contributed by atoms with Gasteiger partial charge in [-0.05, 0) is 58.3 Å². The fourth-order valence-corrected chi connectivity index (χ4v) is 6.36. The van der Waals surface area contributed by atoms with Gasteiger partial charge in [-0.25, -0.2) is 4.79 Å². The molecule has 15 heteroatoms. The molecule has 0 bridgehead atoms. The Hall–Kier alpha value is -1.21. The monoisotopic (exact) mass is 652 g/mol. The van der Waals surface area contributed by atoms with Crippen molar-refractivity contribution < 1.29 is 64.2 Å². The fourth-order valence-electron chi connectivity index (χ4n) is 6.36. The number of rotatable bonds is 11. The molecule has 15 nitrogen and oxygen atoms in total. The summed E-state index contributed by atoms with van der Waals surface area (Å²) in [6, 6.07) is -1.19. The first kappa shape index (κ1) is 38.2. The van der Waals surface area contributed by atoms with E-state index in [-0.39, 0.29) is 18.9 Å². The minimum atomic E-state index is -1.48. The van der Waals surface area contributed by atoms with Gasteiger partial charge < -0.3 is 70.5 Å². The third kappa shape index (κ3) is 9.67. The smallest absolute Gasteiger partial charge is 0.407 e. The summed E-state index contributed by atoms with van der Waals surface area (Å²) in [5.74, 6) is -1.26. The predicted octanol–water partition coefficient (Wildman–Crippen LogP) is -1.30. The van der Waals surface area contributed by atoms with E-state index in [4.69, 9.17) is 29.4 Å². The molecule has 0 radical (unpaired) electrons. The van der Waals surface area contributed by atoms with Crippen LogP contribution in [0.2, 0.25) is 0 Å². The maximum atomic E-state index is 12.0. The number of nitrogens with one attached hydrogen (secondary N) is 1. The zero-order valence-corrected chi connectivity index (χ0v) is 27.1. The van der Waals surface area contributed by atoms with Gasteiger partial charge in [0.2, 0.25) is 0 Å². The van der Waals surface area contributed by atoms with Crippen molar-refractivity contribution in [2.75, 3.05) is 13.2 Å². The molecule has 0 spiro atoms. The van der Waals surface area contributed by atoms with Crippen LogP contribution in [0.1, 0.15) is 67.2 Å². The summed E-state index contributed by atoms with van der Waals surface area (Å²) in [7, 11) is 0. The zero-order valence-electron chi connectivity index (χ0n) is 27.1. The first-order chi connectivity index (χ1) is 21.0. The molecule has 2 unspecified atom stereocenters. The van der Waals surface area contributed by atoms with Crippen LogP contribution in [-0.2, 0) is 23.7 Å². The number of amides is 1. The van der Waals surface area contributed by atoms with Crippen LogP contribution in [0.3, 0.4) is 0 Å². The summed E-state index contributed by atoms with van der Waals surface area (Å²) in [6.07, 6.45) is -12.5. The van der Waals surface area contributed by atoms with Crippen LogP contribution in [-0.4, -0.2) is 140 Å². The van der Waals surface area contributed by atoms with Gasteiger partial charge in [-0.15, -0.1) is 0 Å². The lowest BCUT2D eigenvalue weighted by molar-refractivity contribution is -0.333. The minimum absolute atomic E-state index is 0.0595. The van der Waals surface area contributed by atoms with E-state index in [0.717, 1.165) is 0 Å². The average molecular weight is 653 g/mol. The van der Waals surface area contributed by atoms with Gasteiger partial charge in [-0.2, -0.15) is 0 Å². The lowest BCUT2D eigenvalue weighted by Gasteiger charge is -2.49. The Labute approximate surface area is 264 Å². The molecule has 1 amide bonds. The van der Waals surface area contributed by atoms with Gasteiger partial charge in [0.05, 0.1) is 43.2 Å². The molecule has 2 aliphatic heterocycles. The van der Waals surface area contributed by atoms with E-state index in [9.17, 15) is 40.5 Å². The standard InChI is InChI=1S/C30H56N2O13/c1-7-17-22(37)20(35)14(3)27(41-17)43-25-13(2)10-15(8-9-16(34)11-32-29(40)45-30(4,5)6)26(24(25)39)44-28-23(38)19(31)21(36)18(12-33)42-28/h13-28,33-39H,7-12,31H2,1-6H3,(H,32,40)/t13-,14+,15+,16?,17+,18+,19-,20+,21+,22+,23+,24-,25?,26-,27+,28+/m0/s1. The van der Waals surface area contributed by atoms with Crippen LogP contribution in [0.5, 0.6) is 0 Å². The number of aliphatic hydroxyl groups excluding tert-OH is 7. The third-order valence-electron chi connectivity index (χ3n) is 9.05. The van der Waals surface area contributed by atoms with Crippen LogP contribution in [0.25, 0.3) is 0 Å². The summed E-state index contributed by atoms with van der Waals surface area (Å²) in [6.45, 7) is 9.93. The van der Waals surface area contributed by atoms with Crippen molar-refractivity contribution in [2.24, 2.45) is 23.5 Å². The lowest BCUT2D eigenvalue weighted by atomic mass is 9.74. The second-order valence-corrected chi connectivity index (χ2v) is 13.9. The highest BCUT2D eigenvalue weighted by Gasteiger charge is 2.51. The maximum Gasteiger partial charge on any atom is 0.407 e. The highest BCUT2D eigenvalue weighted by atomic mass is 16.7. The van der Waals surface area contributed by atoms with Crippen molar-refractivity contribution in [3.63, 3.8) is 0 Å². The van der Waals surface area contributed by atoms with Gasteiger partial charge in [-0.1, -0.05) is 20.8 Å². The van der Waals surface area contributed by atoms with Gasteiger partial charge in [0.15, 0.2) is 12.6 Å². The Balaban J connectivity index is 1.76. The topological polar surface area (TPSA) is 243 Å². The minimum Gasteiger partial charge on any atom is -0.444 e. The molecule has 45 heavy (non-hydrogen) atoms. The Morgan fingerprint density at radius 2 is 1.56 bits per heavy atom. The summed E-state index contributed by atoms with van der Waals surface area (Å²) in [4.78, 5) is 12.0. The molecule has 2 saturated heterocycles. The van der Waals surface area contributed by atoms with Crippen molar-refractivity contribution in [1.82, 2.24) is 5.32 Å². The molecule has 0 aromatic heterocycles. The number of ether oxygens (including phenoxy) is 5. The van der Waals surface area contributed by atoms with E-state index < -0.39 is 110 Å². The van der Waals surface area contributed by atoms with Crippen LogP contribution in [0.4, 0.5) is 4.79 Å². The van der Waals surface area contributed by atoms with Gasteiger partial charge >= 0.3 is 6.09 Å². The SMILES string of the molecule is CC[C@H]1O[C@H](OC2[C@@H](C)C[C@@H](CCC(O)CNC(=O)OC(C)(C)C)[C@H](O[C@H]3O[C@H](CO)[C@@H](O)[C@H](N)[C@H]3O)[C@H]2O)[C@H](C)[C@@H](O)[C@@H]1O. The molecule has 1 saturated carbocycles. The molecule has 0 aromatic carbocycles. The number of hydrogen-bond acceptors (Lipinski definition) is 14. The van der Waals surface area contributed by atoms with Gasteiger partial charge in [0, 0.05) is 12.5 Å². The summed E-state index contributed by atoms with van der Waals surface area (Å²) in [5.41, 5.74) is 5.30. The summed E-state index contributed by atoms with van der Waals surface area (Å²) in [5, 5.41) is 76.6. The molecule has 3 aliphatic rings. The van der Waals surface area contributed by atoms with Crippen molar-refractivity contribution in [3.05, 3.63) is 0 Å². The molecule has 3 fully saturated rings. The number of alkyl carbamates (subject to hydrolysis) is 1. The van der Waals surface area contributed by atoms with Crippen LogP contribution in [0, 0.1) is 17.8 Å². The number of hydrogen-bond donors (Lipinski definition) is 9. The molecular formula is C30H56N2O13. The van der Waals surface area contributed by atoms with Gasteiger partial charge in [-0.3, -0.25) is 0 Å². The summed E-state index contributed by atoms with van der Waals surface area (Å²) >= 11 is 0. The molecule has 10 N–H and O–H groups in total. The molecule has 3 rings (SSSR count). The van der Waals surface area contributed by atoms with Crippen molar-refractivity contribution >= 4 is 6.09 Å². The fraction of sp³-hybridized carbons (Fsp3) is 0.967. The molecule has 16 atom stereocenters. The van der Waals surface area contributed by atoms with E-state index in [2.05, 4.69) is 5.32 Å². The van der Waals surface area contributed by atoms with E-state index in [1.807, 2.05) is 13.8 Å². The number of carbonyl (C=O) groups excluding carboxylic acids is 1. The Bertz CT molecular complexity index is 921. The van der Waals surface area contributed by atoms with E-state index in [0.29, 0.717) is 19.3 Å². The normalized spacial score (nSPS) is 43.5. The molecular weight excluding hydrogens is 596 g/mol. The second-order valence-electron chi connectivity index (χ2n) is 13.9. The number of carbonyl (C=O) groups is 1. The first-order valence-corrected chi connectivity index (χ1v) is 16.0. The summed E-state index contributed by atoms with van der Waals surface area (Å²) < 4.78 is 29.3. The third-order valence-corrected chi connectivity index (χ3v) is 9.05. The molecule has 1 aliphatic carbocycles. The lowest BCUT2D eigenvalue weighted by Crippen LogP contribution is -2.65. The van der Waals surface area contributed by atoms with Crippen molar-refractivity contribution in [3.8, 4) is 0 Å². The highest BCUT2D eigenvalue weighted by Crippen LogP contribution is 2.40. The van der Waals surface area contributed by atoms with Crippen LogP contribution in [0.15, 0.2) is 0 Å².